The standard InChI is InChI=1S/C10H16N4O3/c1-13-7-12-10(14(15)16)9(13)11-4-5-17-6-8-2-3-8/h7-8,11H,2-6H2,1H3. The number of nitrogens with one attached hydrogen (secondary N) is 1. The molecule has 7 heteroatoms. The maximum Gasteiger partial charge on any atom is 0.406 e. The summed E-state index contributed by atoms with van der Waals surface area (Å²) in [5, 5.41) is 13.7. The van der Waals surface area contributed by atoms with Gasteiger partial charge in [0.15, 0.2) is 0 Å². The fraction of sp³-hybridized carbons (Fsp3) is 0.700. The van der Waals surface area contributed by atoms with Crippen molar-refractivity contribution in [2.75, 3.05) is 25.1 Å². The number of aromatic nitrogens is 2. The van der Waals surface area contributed by atoms with Gasteiger partial charge in [-0.2, -0.15) is 0 Å². The molecule has 1 aliphatic carbocycles. The van der Waals surface area contributed by atoms with Crippen molar-refractivity contribution >= 4 is 11.6 Å². The van der Waals surface area contributed by atoms with E-state index in [4.69, 9.17) is 4.74 Å². The van der Waals surface area contributed by atoms with Gasteiger partial charge in [0.05, 0.1) is 6.61 Å². The van der Waals surface area contributed by atoms with E-state index in [1.54, 1.807) is 11.6 Å². The smallest absolute Gasteiger partial charge is 0.379 e. The highest BCUT2D eigenvalue weighted by atomic mass is 16.6. The van der Waals surface area contributed by atoms with Gasteiger partial charge in [-0.25, -0.2) is 0 Å². The van der Waals surface area contributed by atoms with Crippen LogP contribution in [0.3, 0.4) is 0 Å². The minimum Gasteiger partial charge on any atom is -0.379 e. The van der Waals surface area contributed by atoms with Gasteiger partial charge in [-0.3, -0.25) is 4.57 Å². The molecule has 17 heavy (non-hydrogen) atoms. The van der Waals surface area contributed by atoms with E-state index >= 15 is 0 Å². The van der Waals surface area contributed by atoms with Crippen LogP contribution in [0.15, 0.2) is 6.33 Å². The minimum atomic E-state index is -0.493. The molecule has 0 spiro atoms. The summed E-state index contributed by atoms with van der Waals surface area (Å²) >= 11 is 0. The van der Waals surface area contributed by atoms with Gasteiger partial charge in [-0.15, -0.1) is 0 Å². The van der Waals surface area contributed by atoms with E-state index in [0.29, 0.717) is 19.0 Å². The molecule has 1 heterocycles. The van der Waals surface area contributed by atoms with E-state index in [0.717, 1.165) is 12.5 Å². The number of ether oxygens (including phenoxy) is 1. The molecule has 0 aromatic carbocycles. The number of imidazole rings is 1. The van der Waals surface area contributed by atoms with E-state index < -0.39 is 4.92 Å². The second-order valence-corrected chi connectivity index (χ2v) is 4.23. The Labute approximate surface area is 98.9 Å². The van der Waals surface area contributed by atoms with Gasteiger partial charge in [-0.05, 0) is 28.7 Å². The van der Waals surface area contributed by atoms with Crippen molar-refractivity contribution in [1.29, 1.82) is 0 Å². The third kappa shape index (κ3) is 3.16. The van der Waals surface area contributed by atoms with Gasteiger partial charge in [0, 0.05) is 20.2 Å². The molecule has 1 fully saturated rings. The Morgan fingerprint density at radius 1 is 1.71 bits per heavy atom. The van der Waals surface area contributed by atoms with Crippen molar-refractivity contribution in [3.05, 3.63) is 16.4 Å². The molecule has 0 aliphatic heterocycles. The number of nitro groups is 1. The van der Waals surface area contributed by atoms with Crippen LogP contribution in [0.4, 0.5) is 11.6 Å². The lowest BCUT2D eigenvalue weighted by molar-refractivity contribution is -0.388. The predicted molar refractivity (Wildman–Crippen MR) is 61.9 cm³/mol. The number of anilines is 1. The maximum absolute atomic E-state index is 10.7. The van der Waals surface area contributed by atoms with Crippen LogP contribution in [0, 0.1) is 16.0 Å². The molecular formula is C10H16N4O3. The first-order chi connectivity index (χ1) is 8.18. The van der Waals surface area contributed by atoms with Crippen LogP contribution in [0.1, 0.15) is 12.8 Å². The zero-order chi connectivity index (χ0) is 12.3. The first kappa shape index (κ1) is 11.8. The lowest BCUT2D eigenvalue weighted by atomic mass is 10.5. The molecule has 0 saturated heterocycles. The van der Waals surface area contributed by atoms with E-state index in [2.05, 4.69) is 10.3 Å². The molecule has 1 saturated carbocycles. The average Bonchev–Trinajstić information content (AvgIpc) is 3.03. The largest absolute Gasteiger partial charge is 0.406 e. The third-order valence-electron chi connectivity index (χ3n) is 2.68. The highest BCUT2D eigenvalue weighted by Crippen LogP contribution is 2.28. The van der Waals surface area contributed by atoms with Crippen LogP contribution in [-0.4, -0.2) is 34.2 Å². The monoisotopic (exact) mass is 240 g/mol. The zero-order valence-electron chi connectivity index (χ0n) is 9.76. The average molecular weight is 240 g/mol. The van der Waals surface area contributed by atoms with Crippen molar-refractivity contribution < 1.29 is 9.66 Å². The van der Waals surface area contributed by atoms with Gasteiger partial charge in [0.1, 0.15) is 0 Å². The SMILES string of the molecule is Cn1cnc([N+](=O)[O-])c1NCCOCC1CC1. The number of hydrogen-bond acceptors (Lipinski definition) is 5. The summed E-state index contributed by atoms with van der Waals surface area (Å²) in [6.45, 7) is 1.90. The summed E-state index contributed by atoms with van der Waals surface area (Å²) in [5.41, 5.74) is 0. The summed E-state index contributed by atoms with van der Waals surface area (Å²) < 4.78 is 7.03. The molecule has 1 aliphatic rings. The van der Waals surface area contributed by atoms with Crippen molar-refractivity contribution in [1.82, 2.24) is 9.55 Å². The summed E-state index contributed by atoms with van der Waals surface area (Å²) in [7, 11) is 1.72. The Bertz CT molecular complexity index is 400. The van der Waals surface area contributed by atoms with Crippen molar-refractivity contribution in [3.8, 4) is 0 Å². The Balaban J connectivity index is 1.76. The number of aryl methyl sites for hydroxylation is 1. The lowest BCUT2D eigenvalue weighted by Gasteiger charge is -2.06. The van der Waals surface area contributed by atoms with Crippen LogP contribution in [0.25, 0.3) is 0 Å². The topological polar surface area (TPSA) is 82.2 Å². The summed E-state index contributed by atoms with van der Waals surface area (Å²) in [6, 6.07) is 0. The summed E-state index contributed by atoms with van der Waals surface area (Å²) in [5.74, 6) is 1.01. The van der Waals surface area contributed by atoms with Gasteiger partial charge >= 0.3 is 5.82 Å². The highest BCUT2D eigenvalue weighted by molar-refractivity contribution is 5.51. The lowest BCUT2D eigenvalue weighted by Crippen LogP contribution is -2.13. The van der Waals surface area contributed by atoms with Gasteiger partial charge in [0.25, 0.3) is 0 Å². The molecule has 2 rings (SSSR count). The maximum atomic E-state index is 10.7. The van der Waals surface area contributed by atoms with Gasteiger partial charge in [0.2, 0.25) is 12.1 Å². The van der Waals surface area contributed by atoms with E-state index in [9.17, 15) is 10.1 Å². The number of nitrogens with zero attached hydrogens (tertiary/aromatic N) is 3. The second-order valence-electron chi connectivity index (χ2n) is 4.23. The number of hydrogen-bond donors (Lipinski definition) is 1. The van der Waals surface area contributed by atoms with Crippen LogP contribution >= 0.6 is 0 Å². The second kappa shape index (κ2) is 5.13. The normalized spacial score (nSPS) is 14.9. The number of rotatable bonds is 7. The zero-order valence-corrected chi connectivity index (χ0v) is 9.76. The van der Waals surface area contributed by atoms with Crippen molar-refractivity contribution in [2.24, 2.45) is 13.0 Å². The predicted octanol–water partition coefficient (Wildman–Crippen LogP) is 1.17. The first-order valence-electron chi connectivity index (χ1n) is 5.66. The summed E-state index contributed by atoms with van der Waals surface area (Å²) in [6.07, 6.45) is 3.95. The Kier molecular flexibility index (Phi) is 3.58. The van der Waals surface area contributed by atoms with Crippen LogP contribution in [0.2, 0.25) is 0 Å². The molecule has 0 radical (unpaired) electrons. The Hall–Kier alpha value is -1.63. The Morgan fingerprint density at radius 3 is 3.12 bits per heavy atom. The molecule has 0 amide bonds. The fourth-order valence-corrected chi connectivity index (χ4v) is 1.53. The van der Waals surface area contributed by atoms with Gasteiger partial charge < -0.3 is 20.2 Å². The molecule has 94 valence electrons. The molecule has 0 bridgehead atoms. The van der Waals surface area contributed by atoms with Crippen LogP contribution < -0.4 is 5.32 Å². The molecule has 0 atom stereocenters. The molecule has 7 nitrogen and oxygen atoms in total. The van der Waals surface area contributed by atoms with Crippen LogP contribution in [0.5, 0.6) is 0 Å². The minimum absolute atomic E-state index is 0.144. The Morgan fingerprint density at radius 2 is 2.47 bits per heavy atom. The first-order valence-corrected chi connectivity index (χ1v) is 5.66. The molecular weight excluding hydrogens is 224 g/mol. The van der Waals surface area contributed by atoms with Crippen molar-refractivity contribution in [2.45, 2.75) is 12.8 Å². The van der Waals surface area contributed by atoms with E-state index in [1.807, 2.05) is 0 Å². The fourth-order valence-electron chi connectivity index (χ4n) is 1.53. The molecule has 1 aromatic rings. The molecule has 0 unspecified atom stereocenters. The van der Waals surface area contributed by atoms with Gasteiger partial charge in [-0.1, -0.05) is 0 Å². The molecule has 1 N–H and O–H groups in total. The summed E-state index contributed by atoms with van der Waals surface area (Å²) in [4.78, 5) is 13.9. The molecule has 1 aromatic heterocycles. The van der Waals surface area contributed by atoms with E-state index in [1.165, 1.54) is 19.2 Å². The quantitative estimate of drug-likeness (QED) is 0.439. The highest BCUT2D eigenvalue weighted by Gasteiger charge is 2.21. The van der Waals surface area contributed by atoms with E-state index in [-0.39, 0.29) is 5.82 Å². The van der Waals surface area contributed by atoms with Crippen LogP contribution in [-0.2, 0) is 11.8 Å². The van der Waals surface area contributed by atoms with Crippen molar-refractivity contribution in [3.63, 3.8) is 0 Å². The third-order valence-corrected chi connectivity index (χ3v) is 2.68.